The van der Waals surface area contributed by atoms with Gasteiger partial charge in [0.1, 0.15) is 17.5 Å². The van der Waals surface area contributed by atoms with E-state index >= 15 is 0 Å². The average Bonchev–Trinajstić information content (AvgIpc) is 3.08. The van der Waals surface area contributed by atoms with E-state index in [1.165, 1.54) is 6.20 Å². The standard InChI is InChI=1S/C16H21ClN6O/c1-11-19-12(2)23(21-11)9-14-4-3-7-22(14)10-16(24)20-15-6-5-13(17)8-18-15/h5-6,8,14H,3-4,7,9-10H2,1-2H3,(H,18,20,24). The van der Waals surface area contributed by atoms with Crippen LogP contribution in [0.1, 0.15) is 24.5 Å². The molecule has 8 heteroatoms. The van der Waals surface area contributed by atoms with Gasteiger partial charge in [-0.05, 0) is 45.4 Å². The third kappa shape index (κ3) is 4.10. The van der Waals surface area contributed by atoms with Crippen molar-refractivity contribution in [1.29, 1.82) is 0 Å². The van der Waals surface area contributed by atoms with Crippen LogP contribution in [0.15, 0.2) is 18.3 Å². The Morgan fingerprint density at radius 3 is 2.92 bits per heavy atom. The first-order chi connectivity index (χ1) is 11.5. The normalized spacial score (nSPS) is 18.0. The molecule has 7 nitrogen and oxygen atoms in total. The first kappa shape index (κ1) is 16.9. The third-order valence-corrected chi connectivity index (χ3v) is 4.41. The molecule has 1 unspecified atom stereocenters. The van der Waals surface area contributed by atoms with Crippen LogP contribution in [0, 0.1) is 13.8 Å². The quantitative estimate of drug-likeness (QED) is 0.895. The Morgan fingerprint density at radius 1 is 1.42 bits per heavy atom. The lowest BCUT2D eigenvalue weighted by atomic mass is 10.2. The fraction of sp³-hybridized carbons (Fsp3) is 0.500. The number of nitrogens with one attached hydrogen (secondary N) is 1. The lowest BCUT2D eigenvalue weighted by Gasteiger charge is -2.23. The van der Waals surface area contributed by atoms with Crippen molar-refractivity contribution in [1.82, 2.24) is 24.6 Å². The molecule has 1 N–H and O–H groups in total. The van der Waals surface area contributed by atoms with Crippen molar-refractivity contribution in [3.63, 3.8) is 0 Å². The fourth-order valence-corrected chi connectivity index (χ4v) is 3.17. The van der Waals surface area contributed by atoms with Crippen molar-refractivity contribution in [2.75, 3.05) is 18.4 Å². The molecule has 3 rings (SSSR count). The summed E-state index contributed by atoms with van der Waals surface area (Å²) < 4.78 is 1.93. The lowest BCUT2D eigenvalue weighted by molar-refractivity contribution is -0.117. The van der Waals surface area contributed by atoms with Gasteiger partial charge in [-0.2, -0.15) is 5.10 Å². The Bertz CT molecular complexity index is 714. The maximum atomic E-state index is 12.3. The van der Waals surface area contributed by atoms with Gasteiger partial charge in [0.15, 0.2) is 0 Å². The Balaban J connectivity index is 1.58. The van der Waals surface area contributed by atoms with Gasteiger partial charge < -0.3 is 5.32 Å². The van der Waals surface area contributed by atoms with Gasteiger partial charge in [-0.25, -0.2) is 14.6 Å². The van der Waals surface area contributed by atoms with Gasteiger partial charge in [-0.3, -0.25) is 9.69 Å². The van der Waals surface area contributed by atoms with Crippen molar-refractivity contribution in [2.24, 2.45) is 0 Å². The molecule has 1 aliphatic heterocycles. The van der Waals surface area contributed by atoms with Crippen molar-refractivity contribution in [3.8, 4) is 0 Å². The molecule has 0 aromatic carbocycles. The van der Waals surface area contributed by atoms with E-state index in [0.29, 0.717) is 23.4 Å². The minimum Gasteiger partial charge on any atom is -0.310 e. The van der Waals surface area contributed by atoms with Crippen LogP contribution in [0.4, 0.5) is 5.82 Å². The SMILES string of the molecule is Cc1nc(C)n(CC2CCCN2CC(=O)Nc2ccc(Cl)cn2)n1. The molecule has 0 spiro atoms. The second-order valence-corrected chi connectivity index (χ2v) is 6.50. The van der Waals surface area contributed by atoms with E-state index in [9.17, 15) is 4.79 Å². The number of carbonyl (C=O) groups is 1. The molecule has 1 saturated heterocycles. The molecule has 0 saturated carbocycles. The Morgan fingerprint density at radius 2 is 2.25 bits per heavy atom. The number of rotatable bonds is 5. The highest BCUT2D eigenvalue weighted by Crippen LogP contribution is 2.19. The number of nitrogens with zero attached hydrogens (tertiary/aromatic N) is 5. The summed E-state index contributed by atoms with van der Waals surface area (Å²) >= 11 is 5.80. The molecule has 24 heavy (non-hydrogen) atoms. The predicted octanol–water partition coefficient (Wildman–Crippen LogP) is 2.05. The van der Waals surface area contributed by atoms with Crippen molar-refractivity contribution in [2.45, 2.75) is 39.3 Å². The number of carbonyl (C=O) groups excluding carboxylic acids is 1. The zero-order valence-corrected chi connectivity index (χ0v) is 14.6. The molecule has 128 valence electrons. The Kier molecular flexibility index (Phi) is 5.11. The van der Waals surface area contributed by atoms with Crippen LogP contribution in [-0.2, 0) is 11.3 Å². The molecule has 1 amide bonds. The van der Waals surface area contributed by atoms with E-state index in [1.807, 2.05) is 18.5 Å². The van der Waals surface area contributed by atoms with Gasteiger partial charge in [0.05, 0.1) is 18.1 Å². The van der Waals surface area contributed by atoms with Gasteiger partial charge in [0.2, 0.25) is 5.91 Å². The second-order valence-electron chi connectivity index (χ2n) is 6.06. The number of hydrogen-bond donors (Lipinski definition) is 1. The van der Waals surface area contributed by atoms with Gasteiger partial charge >= 0.3 is 0 Å². The summed E-state index contributed by atoms with van der Waals surface area (Å²) in [5.41, 5.74) is 0. The van der Waals surface area contributed by atoms with Crippen molar-refractivity contribution < 1.29 is 4.79 Å². The van der Waals surface area contributed by atoms with Crippen LogP contribution in [0.2, 0.25) is 5.02 Å². The van der Waals surface area contributed by atoms with Crippen LogP contribution >= 0.6 is 11.6 Å². The zero-order chi connectivity index (χ0) is 17.1. The van der Waals surface area contributed by atoms with E-state index in [2.05, 4.69) is 25.3 Å². The number of amides is 1. The first-order valence-electron chi connectivity index (χ1n) is 8.05. The van der Waals surface area contributed by atoms with Crippen LogP contribution in [0.25, 0.3) is 0 Å². The molecule has 2 aromatic rings. The molecule has 0 aliphatic carbocycles. The van der Waals surface area contributed by atoms with Gasteiger partial charge in [0, 0.05) is 12.2 Å². The Labute approximate surface area is 146 Å². The molecule has 0 bridgehead atoms. The smallest absolute Gasteiger partial charge is 0.239 e. The molecular weight excluding hydrogens is 328 g/mol. The highest BCUT2D eigenvalue weighted by Gasteiger charge is 2.27. The van der Waals surface area contributed by atoms with Gasteiger partial charge in [-0.1, -0.05) is 11.6 Å². The molecule has 1 atom stereocenters. The van der Waals surface area contributed by atoms with Crippen molar-refractivity contribution >= 4 is 23.3 Å². The predicted molar refractivity (Wildman–Crippen MR) is 92.0 cm³/mol. The summed E-state index contributed by atoms with van der Waals surface area (Å²) in [7, 11) is 0. The second kappa shape index (κ2) is 7.27. The summed E-state index contributed by atoms with van der Waals surface area (Å²) in [6.45, 7) is 5.88. The van der Waals surface area contributed by atoms with Crippen LogP contribution in [0.5, 0.6) is 0 Å². The summed E-state index contributed by atoms with van der Waals surface area (Å²) in [4.78, 5) is 22.9. The number of aromatic nitrogens is 4. The highest BCUT2D eigenvalue weighted by atomic mass is 35.5. The minimum absolute atomic E-state index is 0.0665. The fourth-order valence-electron chi connectivity index (χ4n) is 3.06. The first-order valence-corrected chi connectivity index (χ1v) is 8.42. The molecule has 2 aromatic heterocycles. The number of pyridine rings is 1. The van der Waals surface area contributed by atoms with Crippen molar-refractivity contribution in [3.05, 3.63) is 35.0 Å². The van der Waals surface area contributed by atoms with E-state index in [4.69, 9.17) is 11.6 Å². The summed E-state index contributed by atoms with van der Waals surface area (Å²) in [6, 6.07) is 3.70. The van der Waals surface area contributed by atoms with E-state index in [0.717, 1.165) is 37.6 Å². The topological polar surface area (TPSA) is 75.9 Å². The van der Waals surface area contributed by atoms with Gasteiger partial charge in [-0.15, -0.1) is 0 Å². The molecular formula is C16H21ClN6O. The highest BCUT2D eigenvalue weighted by molar-refractivity contribution is 6.30. The number of halogens is 1. The summed E-state index contributed by atoms with van der Waals surface area (Å²) in [5.74, 6) is 2.14. The Hall–Kier alpha value is -1.99. The van der Waals surface area contributed by atoms with Crippen LogP contribution < -0.4 is 5.32 Å². The summed E-state index contributed by atoms with van der Waals surface area (Å²) in [5, 5.41) is 7.78. The molecule has 1 fully saturated rings. The molecule has 1 aliphatic rings. The van der Waals surface area contributed by atoms with E-state index in [-0.39, 0.29) is 5.91 Å². The maximum Gasteiger partial charge on any atom is 0.239 e. The van der Waals surface area contributed by atoms with Crippen LogP contribution in [0.3, 0.4) is 0 Å². The van der Waals surface area contributed by atoms with Crippen LogP contribution in [-0.4, -0.2) is 49.7 Å². The lowest BCUT2D eigenvalue weighted by Crippen LogP contribution is -2.39. The number of hydrogen-bond acceptors (Lipinski definition) is 5. The maximum absolute atomic E-state index is 12.3. The number of anilines is 1. The zero-order valence-electron chi connectivity index (χ0n) is 13.9. The van der Waals surface area contributed by atoms with E-state index in [1.54, 1.807) is 12.1 Å². The third-order valence-electron chi connectivity index (χ3n) is 4.19. The monoisotopic (exact) mass is 348 g/mol. The molecule has 0 radical (unpaired) electrons. The number of likely N-dealkylation sites (tertiary alicyclic amines) is 1. The number of aryl methyl sites for hydroxylation is 2. The average molecular weight is 349 g/mol. The minimum atomic E-state index is -0.0665. The molecule has 3 heterocycles. The van der Waals surface area contributed by atoms with E-state index < -0.39 is 0 Å². The summed E-state index contributed by atoms with van der Waals surface area (Å²) in [6.07, 6.45) is 3.67. The largest absolute Gasteiger partial charge is 0.310 e. The van der Waals surface area contributed by atoms with Gasteiger partial charge in [0.25, 0.3) is 0 Å².